The topological polar surface area (TPSA) is 49.3 Å². The van der Waals surface area contributed by atoms with E-state index in [9.17, 15) is 4.79 Å². The fraction of sp³-hybridized carbons (Fsp3) is 0.0714. The minimum atomic E-state index is -0.926. The van der Waals surface area contributed by atoms with Crippen molar-refractivity contribution < 1.29 is 9.90 Å². The summed E-state index contributed by atoms with van der Waals surface area (Å²) in [5.41, 5.74) is 2.32. The van der Waals surface area contributed by atoms with Gasteiger partial charge in [0.25, 0.3) is 0 Å². The molecule has 0 aliphatic rings. The van der Waals surface area contributed by atoms with Crippen molar-refractivity contribution >= 4 is 27.6 Å². The summed E-state index contributed by atoms with van der Waals surface area (Å²) >= 11 is 3.36. The zero-order chi connectivity index (χ0) is 13.0. The molecule has 0 fully saturated rings. The van der Waals surface area contributed by atoms with Gasteiger partial charge in [-0.2, -0.15) is 0 Å². The third-order valence-corrected chi connectivity index (χ3v) is 3.20. The maximum absolute atomic E-state index is 10.8. The van der Waals surface area contributed by atoms with Crippen molar-refractivity contribution in [3.8, 4) is 0 Å². The van der Waals surface area contributed by atoms with Crippen LogP contribution in [0.25, 0.3) is 0 Å². The summed E-state index contributed by atoms with van der Waals surface area (Å²) in [5, 5.41) is 12.1. The number of nitrogens with one attached hydrogen (secondary N) is 1. The Morgan fingerprint density at radius 3 is 2.50 bits per heavy atom. The highest BCUT2D eigenvalue weighted by Crippen LogP contribution is 2.24. The fourth-order valence-electron chi connectivity index (χ4n) is 1.58. The minimum absolute atomic E-state index is 0.270. The Bertz CT molecular complexity index is 555. The average Bonchev–Trinajstić information content (AvgIpc) is 2.38. The van der Waals surface area contributed by atoms with Crippen LogP contribution >= 0.6 is 15.9 Å². The molecule has 0 saturated heterocycles. The summed E-state index contributed by atoms with van der Waals surface area (Å²) in [6.07, 6.45) is 0. The molecule has 0 aliphatic heterocycles. The number of carboxylic acid groups (broad SMARTS) is 1. The van der Waals surface area contributed by atoms with E-state index in [0.29, 0.717) is 6.54 Å². The van der Waals surface area contributed by atoms with Crippen molar-refractivity contribution in [2.45, 2.75) is 6.54 Å². The summed E-state index contributed by atoms with van der Waals surface area (Å²) in [4.78, 5) is 10.8. The number of anilines is 1. The van der Waals surface area contributed by atoms with Gasteiger partial charge in [-0.25, -0.2) is 4.79 Å². The number of hydrogen-bond donors (Lipinski definition) is 2. The van der Waals surface area contributed by atoms with Crippen LogP contribution in [0.1, 0.15) is 15.9 Å². The van der Waals surface area contributed by atoms with Gasteiger partial charge < -0.3 is 10.4 Å². The van der Waals surface area contributed by atoms with Crippen molar-refractivity contribution in [1.82, 2.24) is 0 Å². The number of carboxylic acids is 1. The average molecular weight is 306 g/mol. The Morgan fingerprint density at radius 1 is 1.17 bits per heavy atom. The molecule has 0 radical (unpaired) electrons. The summed E-state index contributed by atoms with van der Waals surface area (Å²) < 4.78 is 0.748. The molecule has 0 heterocycles. The molecule has 0 aliphatic carbocycles. The molecule has 2 aromatic rings. The molecule has 0 saturated carbocycles. The number of aromatic carboxylic acids is 1. The largest absolute Gasteiger partial charge is 0.478 e. The smallest absolute Gasteiger partial charge is 0.335 e. The molecule has 4 heteroatoms. The van der Waals surface area contributed by atoms with Gasteiger partial charge in [0.15, 0.2) is 0 Å². The lowest BCUT2D eigenvalue weighted by molar-refractivity contribution is 0.0697. The van der Waals surface area contributed by atoms with Crippen LogP contribution in [0.5, 0.6) is 0 Å². The molecule has 0 aromatic heterocycles. The molecule has 2 aromatic carbocycles. The standard InChI is InChI=1S/C14H12BrNO2/c15-12-8-11(14(17)18)6-7-13(12)16-9-10-4-2-1-3-5-10/h1-8,16H,9H2,(H,17,18). The van der Waals surface area contributed by atoms with Crippen molar-refractivity contribution in [3.63, 3.8) is 0 Å². The van der Waals surface area contributed by atoms with Crippen molar-refractivity contribution in [1.29, 1.82) is 0 Å². The maximum atomic E-state index is 10.8. The third kappa shape index (κ3) is 3.11. The van der Waals surface area contributed by atoms with E-state index < -0.39 is 5.97 Å². The Labute approximate surface area is 114 Å². The first-order valence-electron chi connectivity index (χ1n) is 5.47. The Morgan fingerprint density at radius 2 is 1.89 bits per heavy atom. The number of carbonyl (C=O) groups is 1. The molecule has 0 bridgehead atoms. The zero-order valence-electron chi connectivity index (χ0n) is 9.56. The molecular weight excluding hydrogens is 294 g/mol. The second kappa shape index (κ2) is 5.69. The van der Waals surface area contributed by atoms with Crippen LogP contribution in [0.15, 0.2) is 53.0 Å². The Kier molecular flexibility index (Phi) is 3.99. The van der Waals surface area contributed by atoms with Gasteiger partial charge in [-0.1, -0.05) is 30.3 Å². The van der Waals surface area contributed by atoms with Gasteiger partial charge >= 0.3 is 5.97 Å². The van der Waals surface area contributed by atoms with Crippen molar-refractivity contribution in [3.05, 3.63) is 64.1 Å². The monoisotopic (exact) mass is 305 g/mol. The maximum Gasteiger partial charge on any atom is 0.335 e. The zero-order valence-corrected chi connectivity index (χ0v) is 11.1. The lowest BCUT2D eigenvalue weighted by atomic mass is 10.2. The normalized spacial score (nSPS) is 10.1. The van der Waals surface area contributed by atoms with E-state index in [1.165, 1.54) is 5.56 Å². The molecule has 3 nitrogen and oxygen atoms in total. The quantitative estimate of drug-likeness (QED) is 0.904. The minimum Gasteiger partial charge on any atom is -0.478 e. The number of rotatable bonds is 4. The highest BCUT2D eigenvalue weighted by molar-refractivity contribution is 9.10. The molecule has 0 atom stereocenters. The lowest BCUT2D eigenvalue weighted by Gasteiger charge is -2.09. The fourth-order valence-corrected chi connectivity index (χ4v) is 2.10. The summed E-state index contributed by atoms with van der Waals surface area (Å²) in [6.45, 7) is 0.700. The second-order valence-electron chi connectivity index (χ2n) is 3.84. The molecule has 92 valence electrons. The van der Waals surface area contributed by atoms with Crippen LogP contribution in [0.2, 0.25) is 0 Å². The molecule has 2 N–H and O–H groups in total. The van der Waals surface area contributed by atoms with E-state index >= 15 is 0 Å². The highest BCUT2D eigenvalue weighted by Gasteiger charge is 2.06. The van der Waals surface area contributed by atoms with Gasteiger partial charge in [0.05, 0.1) is 5.56 Å². The Hall–Kier alpha value is -1.81. The number of hydrogen-bond acceptors (Lipinski definition) is 2. The van der Waals surface area contributed by atoms with Crippen LogP contribution in [0.4, 0.5) is 5.69 Å². The van der Waals surface area contributed by atoms with Crippen LogP contribution in [-0.2, 0) is 6.54 Å². The molecule has 2 rings (SSSR count). The lowest BCUT2D eigenvalue weighted by Crippen LogP contribution is -2.01. The first-order chi connectivity index (χ1) is 8.66. The van der Waals surface area contributed by atoms with E-state index in [-0.39, 0.29) is 5.56 Å². The van der Waals surface area contributed by atoms with E-state index in [2.05, 4.69) is 21.2 Å². The number of halogens is 1. The van der Waals surface area contributed by atoms with E-state index in [1.807, 2.05) is 30.3 Å². The number of benzene rings is 2. The van der Waals surface area contributed by atoms with Gasteiger partial charge in [0.2, 0.25) is 0 Å². The van der Waals surface area contributed by atoms with Crippen LogP contribution in [0.3, 0.4) is 0 Å². The summed E-state index contributed by atoms with van der Waals surface area (Å²) in [6, 6.07) is 15.0. The van der Waals surface area contributed by atoms with Crippen LogP contribution < -0.4 is 5.32 Å². The van der Waals surface area contributed by atoms with Gasteiger partial charge in [0, 0.05) is 16.7 Å². The predicted octanol–water partition coefficient (Wildman–Crippen LogP) is 3.76. The SMILES string of the molecule is O=C(O)c1ccc(NCc2ccccc2)c(Br)c1. The van der Waals surface area contributed by atoms with Crippen molar-refractivity contribution in [2.75, 3.05) is 5.32 Å². The third-order valence-electron chi connectivity index (χ3n) is 2.54. The van der Waals surface area contributed by atoms with E-state index in [1.54, 1.807) is 18.2 Å². The Balaban J connectivity index is 2.08. The predicted molar refractivity (Wildman–Crippen MR) is 74.9 cm³/mol. The van der Waals surface area contributed by atoms with E-state index in [4.69, 9.17) is 5.11 Å². The molecule has 0 spiro atoms. The van der Waals surface area contributed by atoms with Gasteiger partial charge in [-0.3, -0.25) is 0 Å². The van der Waals surface area contributed by atoms with Gasteiger partial charge in [-0.15, -0.1) is 0 Å². The molecule has 18 heavy (non-hydrogen) atoms. The van der Waals surface area contributed by atoms with E-state index in [0.717, 1.165) is 10.2 Å². The molecule has 0 unspecified atom stereocenters. The van der Waals surface area contributed by atoms with Crippen LogP contribution in [-0.4, -0.2) is 11.1 Å². The summed E-state index contributed by atoms with van der Waals surface area (Å²) in [5.74, 6) is -0.926. The molecular formula is C14H12BrNO2. The first-order valence-corrected chi connectivity index (χ1v) is 6.27. The highest BCUT2D eigenvalue weighted by atomic mass is 79.9. The van der Waals surface area contributed by atoms with Crippen LogP contribution in [0, 0.1) is 0 Å². The van der Waals surface area contributed by atoms with Crippen molar-refractivity contribution in [2.24, 2.45) is 0 Å². The van der Waals surface area contributed by atoms with Gasteiger partial charge in [0.1, 0.15) is 0 Å². The van der Waals surface area contributed by atoms with Gasteiger partial charge in [-0.05, 0) is 39.7 Å². The second-order valence-corrected chi connectivity index (χ2v) is 4.69. The summed E-state index contributed by atoms with van der Waals surface area (Å²) in [7, 11) is 0. The molecule has 0 amide bonds. The first kappa shape index (κ1) is 12.6.